The second-order valence-electron chi connectivity index (χ2n) is 4.95. The van der Waals surface area contributed by atoms with E-state index in [4.69, 9.17) is 19.9 Å². The van der Waals surface area contributed by atoms with Gasteiger partial charge in [0.25, 0.3) is 5.91 Å². The number of halogens is 1. The maximum atomic E-state index is 12.5. The van der Waals surface area contributed by atoms with Gasteiger partial charge in [-0.2, -0.15) is 0 Å². The molecule has 0 saturated heterocycles. The van der Waals surface area contributed by atoms with Gasteiger partial charge < -0.3 is 25.3 Å². The summed E-state index contributed by atoms with van der Waals surface area (Å²) in [6.45, 7) is 1.75. The Morgan fingerprint density at radius 2 is 1.72 bits per heavy atom. The SMILES string of the molecule is COCCOc1ccccc1C(=O)Nc1ccc(OCCN)cc1.Cl. The number of carbonyl (C=O) groups is 1. The van der Waals surface area contributed by atoms with Crippen LogP contribution in [0, 0.1) is 0 Å². The van der Waals surface area contributed by atoms with Crippen LogP contribution in [0.3, 0.4) is 0 Å². The molecule has 0 unspecified atom stereocenters. The van der Waals surface area contributed by atoms with Crippen LogP contribution in [-0.2, 0) is 4.74 Å². The number of benzene rings is 2. The van der Waals surface area contributed by atoms with E-state index in [0.29, 0.717) is 49.1 Å². The highest BCUT2D eigenvalue weighted by molar-refractivity contribution is 6.06. The Morgan fingerprint density at radius 3 is 2.40 bits per heavy atom. The first-order chi connectivity index (χ1) is 11.7. The van der Waals surface area contributed by atoms with Crippen LogP contribution in [0.25, 0.3) is 0 Å². The van der Waals surface area contributed by atoms with Gasteiger partial charge in [-0.25, -0.2) is 0 Å². The molecule has 0 bridgehead atoms. The summed E-state index contributed by atoms with van der Waals surface area (Å²) in [5, 5.41) is 2.84. The number of hydrogen-bond acceptors (Lipinski definition) is 5. The molecular formula is C18H23ClN2O4. The van der Waals surface area contributed by atoms with Gasteiger partial charge in [-0.15, -0.1) is 12.4 Å². The highest BCUT2D eigenvalue weighted by atomic mass is 35.5. The molecule has 0 aliphatic heterocycles. The summed E-state index contributed by atoms with van der Waals surface area (Å²) in [6.07, 6.45) is 0. The lowest BCUT2D eigenvalue weighted by molar-refractivity contribution is 0.101. The van der Waals surface area contributed by atoms with Crippen LogP contribution in [0.4, 0.5) is 5.69 Å². The van der Waals surface area contributed by atoms with E-state index in [9.17, 15) is 4.79 Å². The molecule has 6 nitrogen and oxygen atoms in total. The lowest BCUT2D eigenvalue weighted by atomic mass is 10.2. The maximum absolute atomic E-state index is 12.5. The number of rotatable bonds is 9. The van der Waals surface area contributed by atoms with Gasteiger partial charge in [-0.3, -0.25) is 4.79 Å². The molecule has 0 aliphatic carbocycles. The van der Waals surface area contributed by atoms with Gasteiger partial charge in [0.15, 0.2) is 0 Å². The fourth-order valence-electron chi connectivity index (χ4n) is 2.02. The largest absolute Gasteiger partial charge is 0.492 e. The van der Waals surface area contributed by atoms with E-state index in [1.54, 1.807) is 49.6 Å². The summed E-state index contributed by atoms with van der Waals surface area (Å²) >= 11 is 0. The van der Waals surface area contributed by atoms with Crippen LogP contribution in [0.2, 0.25) is 0 Å². The monoisotopic (exact) mass is 366 g/mol. The van der Waals surface area contributed by atoms with Crippen molar-refractivity contribution in [2.45, 2.75) is 0 Å². The molecule has 0 aromatic heterocycles. The second kappa shape index (κ2) is 11.3. The van der Waals surface area contributed by atoms with Crippen molar-refractivity contribution in [3.8, 4) is 11.5 Å². The van der Waals surface area contributed by atoms with Crippen LogP contribution in [0.1, 0.15) is 10.4 Å². The normalized spacial score (nSPS) is 9.84. The fourth-order valence-corrected chi connectivity index (χ4v) is 2.02. The number of nitrogens with two attached hydrogens (primary N) is 1. The lowest BCUT2D eigenvalue weighted by Crippen LogP contribution is -2.15. The highest BCUT2D eigenvalue weighted by Crippen LogP contribution is 2.21. The summed E-state index contributed by atoms with van der Waals surface area (Å²) in [7, 11) is 1.60. The predicted octanol–water partition coefficient (Wildman–Crippen LogP) is 2.72. The predicted molar refractivity (Wildman–Crippen MR) is 100 cm³/mol. The van der Waals surface area contributed by atoms with Crippen LogP contribution >= 0.6 is 12.4 Å². The number of ether oxygens (including phenoxy) is 3. The minimum atomic E-state index is -0.237. The van der Waals surface area contributed by atoms with E-state index in [2.05, 4.69) is 5.32 Å². The molecule has 0 aliphatic rings. The van der Waals surface area contributed by atoms with Gasteiger partial charge in [0.1, 0.15) is 24.7 Å². The van der Waals surface area contributed by atoms with E-state index < -0.39 is 0 Å². The van der Waals surface area contributed by atoms with Gasteiger partial charge >= 0.3 is 0 Å². The summed E-state index contributed by atoms with van der Waals surface area (Å²) < 4.78 is 15.9. The highest BCUT2D eigenvalue weighted by Gasteiger charge is 2.12. The standard InChI is InChI=1S/C18H22N2O4.ClH/c1-22-12-13-24-17-5-3-2-4-16(17)18(21)20-14-6-8-15(9-7-14)23-11-10-19;/h2-9H,10-13,19H2,1H3,(H,20,21);1H. The topological polar surface area (TPSA) is 82.8 Å². The molecule has 0 spiro atoms. The van der Waals surface area contributed by atoms with Crippen molar-refractivity contribution < 1.29 is 19.0 Å². The Kier molecular flexibility index (Phi) is 9.39. The average molecular weight is 367 g/mol. The number of amides is 1. The third kappa shape index (κ3) is 6.62. The zero-order chi connectivity index (χ0) is 17.2. The molecule has 0 heterocycles. The van der Waals surface area contributed by atoms with E-state index >= 15 is 0 Å². The van der Waals surface area contributed by atoms with Crippen molar-refractivity contribution in [3.63, 3.8) is 0 Å². The van der Waals surface area contributed by atoms with Gasteiger partial charge in [0.2, 0.25) is 0 Å². The van der Waals surface area contributed by atoms with Gasteiger partial charge in [-0.1, -0.05) is 12.1 Å². The maximum Gasteiger partial charge on any atom is 0.259 e. The molecule has 0 fully saturated rings. The molecule has 0 radical (unpaired) electrons. The van der Waals surface area contributed by atoms with Crippen molar-refractivity contribution in [1.82, 2.24) is 0 Å². The smallest absolute Gasteiger partial charge is 0.259 e. The molecule has 7 heteroatoms. The summed E-state index contributed by atoms with van der Waals surface area (Å²) in [4.78, 5) is 12.5. The number of para-hydroxylation sites is 1. The number of nitrogens with one attached hydrogen (secondary N) is 1. The summed E-state index contributed by atoms with van der Waals surface area (Å²) in [5.74, 6) is 0.996. The van der Waals surface area contributed by atoms with Crippen LogP contribution < -0.4 is 20.5 Å². The molecule has 2 aromatic carbocycles. The second-order valence-corrected chi connectivity index (χ2v) is 4.95. The molecule has 1 amide bonds. The first kappa shape index (κ1) is 20.8. The molecule has 0 saturated carbocycles. The van der Waals surface area contributed by atoms with Gasteiger partial charge in [0.05, 0.1) is 12.2 Å². The number of anilines is 1. The van der Waals surface area contributed by atoms with Gasteiger partial charge in [-0.05, 0) is 36.4 Å². The molecule has 25 heavy (non-hydrogen) atoms. The van der Waals surface area contributed by atoms with Crippen molar-refractivity contribution in [3.05, 3.63) is 54.1 Å². The summed E-state index contributed by atoms with van der Waals surface area (Å²) in [5.41, 5.74) is 6.54. The quantitative estimate of drug-likeness (QED) is 0.667. The molecule has 2 aromatic rings. The van der Waals surface area contributed by atoms with Crippen molar-refractivity contribution in [2.24, 2.45) is 5.73 Å². The zero-order valence-corrected chi connectivity index (χ0v) is 14.9. The first-order valence-corrected chi connectivity index (χ1v) is 7.69. The molecule has 3 N–H and O–H groups in total. The van der Waals surface area contributed by atoms with Crippen LogP contribution in [0.5, 0.6) is 11.5 Å². The number of methoxy groups -OCH3 is 1. The first-order valence-electron chi connectivity index (χ1n) is 7.69. The lowest BCUT2D eigenvalue weighted by Gasteiger charge is -2.12. The van der Waals surface area contributed by atoms with E-state index in [1.165, 1.54) is 0 Å². The number of hydrogen-bond donors (Lipinski definition) is 2. The molecular weight excluding hydrogens is 344 g/mol. The number of carbonyl (C=O) groups excluding carboxylic acids is 1. The Hall–Kier alpha value is -2.28. The van der Waals surface area contributed by atoms with Crippen LogP contribution in [-0.4, -0.2) is 39.4 Å². The molecule has 0 atom stereocenters. The Bertz CT molecular complexity index is 650. The van der Waals surface area contributed by atoms with E-state index in [0.717, 1.165) is 0 Å². The third-order valence-corrected chi connectivity index (χ3v) is 3.18. The van der Waals surface area contributed by atoms with Crippen molar-refractivity contribution >= 4 is 24.0 Å². The fraction of sp³-hybridized carbons (Fsp3) is 0.278. The van der Waals surface area contributed by atoms with E-state index in [1.807, 2.05) is 6.07 Å². The molecule has 136 valence electrons. The average Bonchev–Trinajstić information content (AvgIpc) is 2.62. The molecule has 2 rings (SSSR count). The minimum Gasteiger partial charge on any atom is -0.492 e. The zero-order valence-electron chi connectivity index (χ0n) is 14.1. The van der Waals surface area contributed by atoms with Crippen molar-refractivity contribution in [2.75, 3.05) is 38.8 Å². The Balaban J connectivity index is 0.00000312. The van der Waals surface area contributed by atoms with Gasteiger partial charge in [0, 0.05) is 19.3 Å². The van der Waals surface area contributed by atoms with Crippen molar-refractivity contribution in [1.29, 1.82) is 0 Å². The summed E-state index contributed by atoms with van der Waals surface area (Å²) in [6, 6.07) is 14.2. The Labute approximate surface area is 153 Å². The Morgan fingerprint density at radius 1 is 1.00 bits per heavy atom. The van der Waals surface area contributed by atoms with E-state index in [-0.39, 0.29) is 18.3 Å². The third-order valence-electron chi connectivity index (χ3n) is 3.18. The van der Waals surface area contributed by atoms with Crippen LogP contribution in [0.15, 0.2) is 48.5 Å². The minimum absolute atomic E-state index is 0.